The van der Waals surface area contributed by atoms with Gasteiger partial charge in [0.2, 0.25) is 0 Å². The molecule has 0 amide bonds. The van der Waals surface area contributed by atoms with E-state index in [2.05, 4.69) is 0 Å². The van der Waals surface area contributed by atoms with Crippen LogP contribution in [-0.4, -0.2) is 27.4 Å². The fourth-order valence-corrected chi connectivity index (χ4v) is 2.06. The minimum Gasteiger partial charge on any atom is -0.481 e. The Labute approximate surface area is 101 Å². The molecule has 0 heterocycles. The lowest BCUT2D eigenvalue weighted by Gasteiger charge is -2.13. The average Bonchev–Trinajstić information content (AvgIpc) is 2.24. The van der Waals surface area contributed by atoms with Crippen LogP contribution in [0, 0.1) is 5.92 Å². The fraction of sp³-hybridized carbons (Fsp3) is 0.833. The van der Waals surface area contributed by atoms with Crippen LogP contribution in [0.1, 0.15) is 57.8 Å². The van der Waals surface area contributed by atoms with E-state index in [0.717, 1.165) is 25.7 Å². The van der Waals surface area contributed by atoms with E-state index >= 15 is 0 Å². The van der Waals surface area contributed by atoms with E-state index in [1.54, 1.807) is 0 Å². The molecule has 1 fully saturated rings. The SMILES string of the molecule is O=C(O)C1CCCCCCCCC1.O=C(O)O. The van der Waals surface area contributed by atoms with Gasteiger partial charge in [-0.2, -0.15) is 0 Å². The van der Waals surface area contributed by atoms with E-state index in [-0.39, 0.29) is 5.92 Å². The Balaban J connectivity index is 0.000000557. The summed E-state index contributed by atoms with van der Waals surface area (Å²) in [4.78, 5) is 19.4. The molecule has 100 valence electrons. The summed E-state index contributed by atoms with van der Waals surface area (Å²) >= 11 is 0. The van der Waals surface area contributed by atoms with Crippen LogP contribution in [0.4, 0.5) is 4.79 Å². The van der Waals surface area contributed by atoms with Crippen LogP contribution in [0.2, 0.25) is 0 Å². The zero-order valence-corrected chi connectivity index (χ0v) is 10.1. The molecule has 0 spiro atoms. The Kier molecular flexibility index (Phi) is 9.19. The molecule has 1 saturated carbocycles. The van der Waals surface area contributed by atoms with E-state index in [1.807, 2.05) is 0 Å². The minimum absolute atomic E-state index is 0.0573. The second-order valence-corrected chi connectivity index (χ2v) is 4.37. The predicted octanol–water partition coefficient (Wildman–Crippen LogP) is 3.43. The van der Waals surface area contributed by atoms with Gasteiger partial charge in [0.1, 0.15) is 0 Å². The summed E-state index contributed by atoms with van der Waals surface area (Å²) in [5.74, 6) is -0.640. The highest BCUT2D eigenvalue weighted by Crippen LogP contribution is 2.21. The van der Waals surface area contributed by atoms with Crippen molar-refractivity contribution < 1.29 is 24.9 Å². The molecule has 0 radical (unpaired) electrons. The molecule has 0 saturated heterocycles. The first-order valence-electron chi connectivity index (χ1n) is 6.18. The Morgan fingerprint density at radius 3 is 1.29 bits per heavy atom. The molecule has 3 N–H and O–H groups in total. The van der Waals surface area contributed by atoms with Gasteiger partial charge in [0.05, 0.1) is 5.92 Å². The fourth-order valence-electron chi connectivity index (χ4n) is 2.06. The van der Waals surface area contributed by atoms with Crippen molar-refractivity contribution in [1.29, 1.82) is 0 Å². The van der Waals surface area contributed by atoms with Crippen molar-refractivity contribution in [2.75, 3.05) is 0 Å². The molecule has 0 aliphatic heterocycles. The maximum Gasteiger partial charge on any atom is 0.503 e. The second-order valence-electron chi connectivity index (χ2n) is 4.37. The number of carboxylic acids is 1. The summed E-state index contributed by atoms with van der Waals surface area (Å²) in [6.45, 7) is 0. The van der Waals surface area contributed by atoms with Gasteiger partial charge in [-0.1, -0.05) is 44.9 Å². The van der Waals surface area contributed by atoms with Gasteiger partial charge in [-0.3, -0.25) is 4.79 Å². The van der Waals surface area contributed by atoms with Crippen LogP contribution in [0.3, 0.4) is 0 Å². The summed E-state index contributed by atoms with van der Waals surface area (Å²) in [6, 6.07) is 0. The number of carboxylic acid groups (broad SMARTS) is 3. The first-order chi connectivity index (χ1) is 8.04. The van der Waals surface area contributed by atoms with Crippen LogP contribution in [-0.2, 0) is 4.79 Å². The van der Waals surface area contributed by atoms with Crippen molar-refractivity contribution in [1.82, 2.24) is 0 Å². The molecule has 5 heteroatoms. The third-order valence-electron chi connectivity index (χ3n) is 2.95. The third kappa shape index (κ3) is 11.0. The summed E-state index contributed by atoms with van der Waals surface area (Å²) in [5.41, 5.74) is 0. The largest absolute Gasteiger partial charge is 0.503 e. The van der Waals surface area contributed by atoms with Crippen molar-refractivity contribution in [3.8, 4) is 0 Å². The smallest absolute Gasteiger partial charge is 0.481 e. The van der Waals surface area contributed by atoms with Gasteiger partial charge in [0.15, 0.2) is 0 Å². The van der Waals surface area contributed by atoms with Crippen molar-refractivity contribution >= 4 is 12.1 Å². The zero-order chi connectivity index (χ0) is 13.1. The molecular formula is C12H22O5. The first-order valence-corrected chi connectivity index (χ1v) is 6.18. The minimum atomic E-state index is -1.83. The van der Waals surface area contributed by atoms with Gasteiger partial charge in [-0.25, -0.2) is 4.79 Å². The van der Waals surface area contributed by atoms with Crippen LogP contribution in [0.25, 0.3) is 0 Å². The Morgan fingerprint density at radius 2 is 1.00 bits per heavy atom. The zero-order valence-electron chi connectivity index (χ0n) is 10.1. The Morgan fingerprint density at radius 1 is 0.706 bits per heavy atom. The number of rotatable bonds is 1. The molecule has 0 aromatic heterocycles. The normalized spacial score (nSPS) is 18.6. The van der Waals surface area contributed by atoms with E-state index in [9.17, 15) is 4.79 Å². The standard InChI is InChI=1S/C11H20O2.CH2O3/c12-11(13)10-8-6-4-2-1-3-5-7-9-10;2-1(3)4/h10H,1-9H2,(H,12,13);(H2,2,3,4). The molecule has 17 heavy (non-hydrogen) atoms. The topological polar surface area (TPSA) is 94.8 Å². The molecule has 0 aromatic carbocycles. The van der Waals surface area contributed by atoms with Crippen molar-refractivity contribution in [2.45, 2.75) is 57.8 Å². The number of hydrogen-bond donors (Lipinski definition) is 3. The highest BCUT2D eigenvalue weighted by Gasteiger charge is 2.16. The van der Waals surface area contributed by atoms with Crippen LogP contribution in [0.5, 0.6) is 0 Å². The number of aliphatic carboxylic acids is 1. The Hall–Kier alpha value is -1.26. The molecule has 1 aliphatic rings. The lowest BCUT2D eigenvalue weighted by atomic mass is 9.92. The van der Waals surface area contributed by atoms with Gasteiger partial charge >= 0.3 is 12.1 Å². The van der Waals surface area contributed by atoms with Gasteiger partial charge in [-0.15, -0.1) is 0 Å². The molecule has 5 nitrogen and oxygen atoms in total. The second kappa shape index (κ2) is 9.93. The predicted molar refractivity (Wildman–Crippen MR) is 63.3 cm³/mol. The lowest BCUT2D eigenvalue weighted by Crippen LogP contribution is -2.14. The molecule has 0 atom stereocenters. The molecule has 0 aromatic rings. The van der Waals surface area contributed by atoms with Crippen LogP contribution < -0.4 is 0 Å². The summed E-state index contributed by atoms with van der Waals surface area (Å²) in [6.07, 6.45) is 8.57. The molecule has 1 rings (SSSR count). The van der Waals surface area contributed by atoms with Crippen LogP contribution in [0.15, 0.2) is 0 Å². The van der Waals surface area contributed by atoms with Crippen LogP contribution >= 0.6 is 0 Å². The summed E-state index contributed by atoms with van der Waals surface area (Å²) in [7, 11) is 0. The maximum absolute atomic E-state index is 10.8. The summed E-state index contributed by atoms with van der Waals surface area (Å²) < 4.78 is 0. The van der Waals surface area contributed by atoms with E-state index in [4.69, 9.17) is 20.1 Å². The highest BCUT2D eigenvalue weighted by molar-refractivity contribution is 5.69. The Bertz CT molecular complexity index is 213. The summed E-state index contributed by atoms with van der Waals surface area (Å²) in [5, 5.41) is 22.9. The van der Waals surface area contributed by atoms with E-state index < -0.39 is 12.1 Å². The monoisotopic (exact) mass is 246 g/mol. The third-order valence-corrected chi connectivity index (χ3v) is 2.95. The number of carbonyl (C=O) groups is 2. The maximum atomic E-state index is 10.8. The van der Waals surface area contributed by atoms with Gasteiger partial charge < -0.3 is 15.3 Å². The molecular weight excluding hydrogens is 224 g/mol. The average molecular weight is 246 g/mol. The lowest BCUT2D eigenvalue weighted by molar-refractivity contribution is -0.142. The molecule has 0 unspecified atom stereocenters. The van der Waals surface area contributed by atoms with Gasteiger partial charge in [-0.05, 0) is 12.8 Å². The van der Waals surface area contributed by atoms with Crippen molar-refractivity contribution in [2.24, 2.45) is 5.92 Å². The molecule has 1 aliphatic carbocycles. The van der Waals surface area contributed by atoms with Crippen molar-refractivity contribution in [3.63, 3.8) is 0 Å². The van der Waals surface area contributed by atoms with Crippen molar-refractivity contribution in [3.05, 3.63) is 0 Å². The van der Waals surface area contributed by atoms with Gasteiger partial charge in [0.25, 0.3) is 0 Å². The van der Waals surface area contributed by atoms with E-state index in [1.165, 1.54) is 32.1 Å². The van der Waals surface area contributed by atoms with E-state index in [0.29, 0.717) is 0 Å². The quantitative estimate of drug-likeness (QED) is 0.658. The number of hydrogen-bond acceptors (Lipinski definition) is 2. The first kappa shape index (κ1) is 15.7. The highest BCUT2D eigenvalue weighted by atomic mass is 16.6. The molecule has 0 bridgehead atoms. The van der Waals surface area contributed by atoms with Gasteiger partial charge in [0, 0.05) is 0 Å².